The van der Waals surface area contributed by atoms with Crippen LogP contribution in [0.2, 0.25) is 0 Å². The number of ketones is 1. The van der Waals surface area contributed by atoms with Crippen molar-refractivity contribution in [3.8, 4) is 0 Å². The molecule has 8 nitrogen and oxygen atoms in total. The Bertz CT molecular complexity index is 760. The largest absolute Gasteiger partial charge is 0.423 e. The standard InChI is InChI=1S/C16H23N5O3/c1-8(2)15-18-19-16(24-15)10(4)17-13(23)7-21-11(5)14(12(6)22)9(3)20-21/h8,10H,7H2,1-6H3,(H,17,23)/t10-/m1/s1. The van der Waals surface area contributed by atoms with Gasteiger partial charge in [0.2, 0.25) is 17.7 Å². The molecule has 0 unspecified atom stereocenters. The van der Waals surface area contributed by atoms with Gasteiger partial charge in [0.05, 0.1) is 11.3 Å². The predicted molar refractivity (Wildman–Crippen MR) is 86.7 cm³/mol. The van der Waals surface area contributed by atoms with E-state index in [9.17, 15) is 9.59 Å². The lowest BCUT2D eigenvalue weighted by molar-refractivity contribution is -0.122. The highest BCUT2D eigenvalue weighted by Gasteiger charge is 2.20. The van der Waals surface area contributed by atoms with Crippen LogP contribution in [0.4, 0.5) is 0 Å². The first-order valence-corrected chi connectivity index (χ1v) is 7.88. The molecule has 1 atom stereocenters. The second kappa shape index (κ2) is 6.94. The third kappa shape index (κ3) is 3.69. The van der Waals surface area contributed by atoms with Crippen molar-refractivity contribution in [1.29, 1.82) is 0 Å². The molecule has 0 spiro atoms. The summed E-state index contributed by atoms with van der Waals surface area (Å²) in [6.45, 7) is 10.7. The second-order valence-corrected chi connectivity index (χ2v) is 6.18. The number of Topliss-reactive ketones (excluding diaryl/α,β-unsaturated/α-hetero) is 1. The average Bonchev–Trinajstić information content (AvgIpc) is 3.04. The molecule has 0 radical (unpaired) electrons. The fourth-order valence-electron chi connectivity index (χ4n) is 2.50. The molecule has 0 aliphatic rings. The average molecular weight is 333 g/mol. The summed E-state index contributed by atoms with van der Waals surface area (Å²) in [6.07, 6.45) is 0. The first-order chi connectivity index (χ1) is 11.2. The molecule has 0 bridgehead atoms. The maximum Gasteiger partial charge on any atom is 0.242 e. The molecule has 0 saturated heterocycles. The summed E-state index contributed by atoms with van der Waals surface area (Å²) in [7, 11) is 0. The Balaban J connectivity index is 2.05. The Morgan fingerprint density at radius 2 is 1.79 bits per heavy atom. The minimum Gasteiger partial charge on any atom is -0.423 e. The van der Waals surface area contributed by atoms with Gasteiger partial charge in [-0.25, -0.2) is 0 Å². The number of aromatic nitrogens is 4. The zero-order valence-corrected chi connectivity index (χ0v) is 14.9. The molecule has 2 aromatic heterocycles. The lowest BCUT2D eigenvalue weighted by Crippen LogP contribution is -2.31. The molecule has 24 heavy (non-hydrogen) atoms. The van der Waals surface area contributed by atoms with E-state index < -0.39 is 6.04 Å². The van der Waals surface area contributed by atoms with Gasteiger partial charge >= 0.3 is 0 Å². The van der Waals surface area contributed by atoms with Crippen LogP contribution in [0.5, 0.6) is 0 Å². The number of nitrogens with zero attached hydrogens (tertiary/aromatic N) is 4. The van der Waals surface area contributed by atoms with E-state index in [0.717, 1.165) is 0 Å². The Morgan fingerprint density at radius 1 is 1.17 bits per heavy atom. The summed E-state index contributed by atoms with van der Waals surface area (Å²) in [6, 6.07) is -0.401. The Morgan fingerprint density at radius 3 is 2.29 bits per heavy atom. The minimum atomic E-state index is -0.401. The highest BCUT2D eigenvalue weighted by molar-refractivity contribution is 5.96. The van der Waals surface area contributed by atoms with Crippen molar-refractivity contribution in [3.05, 3.63) is 28.7 Å². The van der Waals surface area contributed by atoms with Crippen LogP contribution in [0, 0.1) is 13.8 Å². The first-order valence-electron chi connectivity index (χ1n) is 7.88. The quantitative estimate of drug-likeness (QED) is 0.812. The number of nitrogens with one attached hydrogen (secondary N) is 1. The van der Waals surface area contributed by atoms with Crippen molar-refractivity contribution < 1.29 is 14.0 Å². The SMILES string of the molecule is CC(=O)c1c(C)nn(CC(=O)N[C@H](C)c2nnc(C(C)C)o2)c1C. The fraction of sp³-hybridized carbons (Fsp3) is 0.562. The van der Waals surface area contributed by atoms with Crippen LogP contribution in [-0.2, 0) is 11.3 Å². The Hall–Kier alpha value is -2.51. The van der Waals surface area contributed by atoms with Gasteiger partial charge in [-0.1, -0.05) is 13.8 Å². The van der Waals surface area contributed by atoms with E-state index >= 15 is 0 Å². The number of carbonyl (C=O) groups is 2. The number of rotatable bonds is 6. The summed E-state index contributed by atoms with van der Waals surface area (Å²) < 4.78 is 7.06. The molecule has 130 valence electrons. The summed E-state index contributed by atoms with van der Waals surface area (Å²) in [5.41, 5.74) is 1.87. The van der Waals surface area contributed by atoms with Crippen molar-refractivity contribution in [2.24, 2.45) is 0 Å². The first kappa shape index (κ1) is 17.8. The normalized spacial score (nSPS) is 12.5. The number of carbonyl (C=O) groups excluding carboxylic acids is 2. The van der Waals surface area contributed by atoms with E-state index in [1.54, 1.807) is 20.8 Å². The molecule has 2 aromatic rings. The van der Waals surface area contributed by atoms with Crippen LogP contribution < -0.4 is 5.32 Å². The van der Waals surface area contributed by atoms with E-state index in [1.807, 2.05) is 13.8 Å². The van der Waals surface area contributed by atoms with E-state index in [0.29, 0.717) is 28.7 Å². The monoisotopic (exact) mass is 333 g/mol. The van der Waals surface area contributed by atoms with Crippen LogP contribution in [0.15, 0.2) is 4.42 Å². The molecular weight excluding hydrogens is 310 g/mol. The fourth-order valence-corrected chi connectivity index (χ4v) is 2.50. The molecule has 0 saturated carbocycles. The molecule has 0 fully saturated rings. The van der Waals surface area contributed by atoms with Crippen LogP contribution in [0.3, 0.4) is 0 Å². The summed E-state index contributed by atoms with van der Waals surface area (Å²) in [4.78, 5) is 23.9. The van der Waals surface area contributed by atoms with Gasteiger partial charge in [-0.05, 0) is 27.7 Å². The molecule has 8 heteroatoms. The van der Waals surface area contributed by atoms with Gasteiger partial charge < -0.3 is 9.73 Å². The third-order valence-electron chi connectivity index (χ3n) is 3.73. The van der Waals surface area contributed by atoms with Crippen LogP contribution in [0.1, 0.15) is 73.2 Å². The third-order valence-corrected chi connectivity index (χ3v) is 3.73. The van der Waals surface area contributed by atoms with Crippen LogP contribution in [-0.4, -0.2) is 31.7 Å². The van der Waals surface area contributed by atoms with Gasteiger partial charge in [-0.2, -0.15) is 5.10 Å². The molecule has 2 rings (SSSR count). The highest BCUT2D eigenvalue weighted by Crippen LogP contribution is 2.17. The molecular formula is C16H23N5O3. The second-order valence-electron chi connectivity index (χ2n) is 6.18. The molecule has 1 N–H and O–H groups in total. The van der Waals surface area contributed by atoms with Crippen LogP contribution >= 0.6 is 0 Å². The van der Waals surface area contributed by atoms with Crippen molar-refractivity contribution in [2.45, 2.75) is 60.0 Å². The molecule has 0 aliphatic carbocycles. The lowest BCUT2D eigenvalue weighted by atomic mass is 10.1. The van der Waals surface area contributed by atoms with E-state index in [-0.39, 0.29) is 24.2 Å². The molecule has 2 heterocycles. The molecule has 0 aromatic carbocycles. The smallest absolute Gasteiger partial charge is 0.242 e. The number of hydrogen-bond donors (Lipinski definition) is 1. The summed E-state index contributed by atoms with van der Waals surface area (Å²) in [5.74, 6) is 0.735. The predicted octanol–water partition coefficient (Wildman–Crippen LogP) is 2.09. The van der Waals surface area contributed by atoms with Crippen LogP contribution in [0.25, 0.3) is 0 Å². The molecule has 1 amide bonds. The maximum absolute atomic E-state index is 12.2. The van der Waals surface area contributed by atoms with E-state index in [1.165, 1.54) is 11.6 Å². The van der Waals surface area contributed by atoms with E-state index in [2.05, 4.69) is 20.6 Å². The van der Waals surface area contributed by atoms with Gasteiger partial charge in [0.1, 0.15) is 12.6 Å². The van der Waals surface area contributed by atoms with Crippen molar-refractivity contribution in [3.63, 3.8) is 0 Å². The van der Waals surface area contributed by atoms with E-state index in [4.69, 9.17) is 4.42 Å². The van der Waals surface area contributed by atoms with Gasteiger partial charge in [0.15, 0.2) is 5.78 Å². The minimum absolute atomic E-state index is 0.0233. The van der Waals surface area contributed by atoms with Crippen molar-refractivity contribution >= 4 is 11.7 Å². The van der Waals surface area contributed by atoms with Gasteiger partial charge in [0.25, 0.3) is 0 Å². The van der Waals surface area contributed by atoms with Gasteiger partial charge in [0, 0.05) is 11.6 Å². The van der Waals surface area contributed by atoms with Crippen molar-refractivity contribution in [1.82, 2.24) is 25.3 Å². The lowest BCUT2D eigenvalue weighted by Gasteiger charge is -2.11. The maximum atomic E-state index is 12.2. The zero-order chi connectivity index (χ0) is 18.0. The van der Waals surface area contributed by atoms with Gasteiger partial charge in [-0.3, -0.25) is 14.3 Å². The summed E-state index contributed by atoms with van der Waals surface area (Å²) in [5, 5.41) is 15.0. The van der Waals surface area contributed by atoms with Gasteiger partial charge in [-0.15, -0.1) is 10.2 Å². The Labute approximate surface area is 140 Å². The number of hydrogen-bond acceptors (Lipinski definition) is 6. The number of aryl methyl sites for hydroxylation is 1. The Kier molecular flexibility index (Phi) is 5.16. The number of amides is 1. The zero-order valence-electron chi connectivity index (χ0n) is 14.9. The molecule has 0 aliphatic heterocycles. The topological polar surface area (TPSA) is 103 Å². The van der Waals surface area contributed by atoms with Crippen molar-refractivity contribution in [2.75, 3.05) is 0 Å². The summed E-state index contributed by atoms with van der Waals surface area (Å²) >= 11 is 0. The highest BCUT2D eigenvalue weighted by atomic mass is 16.4.